The van der Waals surface area contributed by atoms with Crippen LogP contribution in [0.1, 0.15) is 37.2 Å². The number of carbonyl (C=O) groups is 1. The maximum absolute atomic E-state index is 13.9. The lowest BCUT2D eigenvalue weighted by atomic mass is 10.0. The Bertz CT molecular complexity index is 1350. The number of carboxylic acid groups (broad SMARTS) is 1. The van der Waals surface area contributed by atoms with Crippen molar-refractivity contribution in [2.75, 3.05) is 10.8 Å². The highest BCUT2D eigenvalue weighted by molar-refractivity contribution is 7.92. The standard InChI is InChI=1S/C26H24ClNO5S/c27-21-5-1-3-18(13-21)20-9-11-25-24(15-20)28(16-22(33-25)10-12-26(29)30)34(31,32)23-6-2-4-19(14-23)17-7-8-17/h1-6,9,11,13-15,17,22H,7-8,10,12,16H2,(H,29,30). The van der Waals surface area contributed by atoms with E-state index in [1.807, 2.05) is 30.3 Å². The number of sulfonamides is 1. The average molecular weight is 498 g/mol. The van der Waals surface area contributed by atoms with Crippen molar-refractivity contribution in [3.05, 3.63) is 77.3 Å². The van der Waals surface area contributed by atoms with Crippen LogP contribution in [0.5, 0.6) is 5.75 Å². The Hall–Kier alpha value is -3.03. The van der Waals surface area contributed by atoms with Crippen LogP contribution < -0.4 is 9.04 Å². The molecule has 8 heteroatoms. The van der Waals surface area contributed by atoms with E-state index < -0.39 is 22.1 Å². The zero-order chi connectivity index (χ0) is 23.9. The largest absolute Gasteiger partial charge is 0.486 e. The Morgan fingerprint density at radius 2 is 1.79 bits per heavy atom. The van der Waals surface area contributed by atoms with Crippen molar-refractivity contribution in [2.24, 2.45) is 0 Å². The minimum Gasteiger partial charge on any atom is -0.486 e. The van der Waals surface area contributed by atoms with Gasteiger partial charge in [-0.05, 0) is 78.3 Å². The topological polar surface area (TPSA) is 83.9 Å². The van der Waals surface area contributed by atoms with Gasteiger partial charge in [-0.2, -0.15) is 0 Å². The molecule has 0 radical (unpaired) electrons. The van der Waals surface area contributed by atoms with Crippen LogP contribution in [0.2, 0.25) is 5.02 Å². The summed E-state index contributed by atoms with van der Waals surface area (Å²) in [5.74, 6) is -0.114. The second kappa shape index (κ2) is 8.96. The summed E-state index contributed by atoms with van der Waals surface area (Å²) in [6.45, 7) is 0.0370. The lowest BCUT2D eigenvalue weighted by Gasteiger charge is -2.35. The number of ether oxygens (including phenoxy) is 1. The smallest absolute Gasteiger partial charge is 0.303 e. The van der Waals surface area contributed by atoms with Crippen LogP contribution in [-0.4, -0.2) is 32.1 Å². The first-order chi connectivity index (χ1) is 16.3. The number of carboxylic acids is 1. The van der Waals surface area contributed by atoms with E-state index in [4.69, 9.17) is 21.4 Å². The number of benzene rings is 3. The molecule has 34 heavy (non-hydrogen) atoms. The summed E-state index contributed by atoms with van der Waals surface area (Å²) >= 11 is 6.17. The van der Waals surface area contributed by atoms with Gasteiger partial charge in [0, 0.05) is 11.4 Å². The van der Waals surface area contributed by atoms with Crippen molar-refractivity contribution in [1.29, 1.82) is 0 Å². The molecule has 6 nitrogen and oxygen atoms in total. The first-order valence-electron chi connectivity index (χ1n) is 11.2. The monoisotopic (exact) mass is 497 g/mol. The third kappa shape index (κ3) is 4.63. The Morgan fingerprint density at radius 3 is 2.53 bits per heavy atom. The fraction of sp³-hybridized carbons (Fsp3) is 0.269. The van der Waals surface area contributed by atoms with Gasteiger partial charge < -0.3 is 9.84 Å². The number of rotatable bonds is 7. The summed E-state index contributed by atoms with van der Waals surface area (Å²) in [6, 6.07) is 19.9. The molecule has 1 heterocycles. The lowest BCUT2D eigenvalue weighted by molar-refractivity contribution is -0.137. The van der Waals surface area contributed by atoms with Gasteiger partial charge in [-0.25, -0.2) is 8.42 Å². The highest BCUT2D eigenvalue weighted by Crippen LogP contribution is 2.43. The van der Waals surface area contributed by atoms with Crippen LogP contribution in [0.25, 0.3) is 11.1 Å². The molecule has 0 aromatic heterocycles. The molecule has 1 aliphatic carbocycles. The minimum atomic E-state index is -3.90. The molecule has 0 saturated heterocycles. The second-order valence-electron chi connectivity index (χ2n) is 8.75. The van der Waals surface area contributed by atoms with Gasteiger partial charge in [0.25, 0.3) is 10.0 Å². The molecule has 0 spiro atoms. The van der Waals surface area contributed by atoms with E-state index in [1.165, 1.54) is 4.31 Å². The van der Waals surface area contributed by atoms with E-state index >= 15 is 0 Å². The Kier molecular flexibility index (Phi) is 6.00. The second-order valence-corrected chi connectivity index (χ2v) is 11.0. The molecule has 1 saturated carbocycles. The third-order valence-electron chi connectivity index (χ3n) is 6.22. The summed E-state index contributed by atoms with van der Waals surface area (Å²) in [6.07, 6.45) is 1.68. The first-order valence-corrected chi connectivity index (χ1v) is 13.0. The van der Waals surface area contributed by atoms with Crippen molar-refractivity contribution in [1.82, 2.24) is 0 Å². The van der Waals surface area contributed by atoms with Crippen LogP contribution in [-0.2, 0) is 14.8 Å². The lowest BCUT2D eigenvalue weighted by Crippen LogP contribution is -2.43. The molecular weight excluding hydrogens is 474 g/mol. The minimum absolute atomic E-state index is 0.0370. The molecule has 5 rings (SSSR count). The van der Waals surface area contributed by atoms with Gasteiger partial charge >= 0.3 is 5.97 Å². The van der Waals surface area contributed by atoms with Crippen molar-refractivity contribution in [2.45, 2.75) is 42.6 Å². The van der Waals surface area contributed by atoms with Crippen LogP contribution in [0.4, 0.5) is 5.69 Å². The summed E-state index contributed by atoms with van der Waals surface area (Å²) in [4.78, 5) is 11.4. The van der Waals surface area contributed by atoms with Gasteiger partial charge in [0.15, 0.2) is 0 Å². The van der Waals surface area contributed by atoms with Crippen molar-refractivity contribution < 1.29 is 23.1 Å². The van der Waals surface area contributed by atoms with Crippen LogP contribution in [0.3, 0.4) is 0 Å². The number of nitrogens with zero attached hydrogens (tertiary/aromatic N) is 1. The molecule has 2 aliphatic rings. The highest BCUT2D eigenvalue weighted by Gasteiger charge is 2.35. The normalized spacial score (nSPS) is 17.7. The molecule has 3 aromatic carbocycles. The highest BCUT2D eigenvalue weighted by atomic mass is 35.5. The molecular formula is C26H24ClNO5S. The number of anilines is 1. The van der Waals surface area contributed by atoms with Gasteiger partial charge in [0.05, 0.1) is 17.1 Å². The fourth-order valence-electron chi connectivity index (χ4n) is 4.29. The Morgan fingerprint density at radius 1 is 1.03 bits per heavy atom. The predicted molar refractivity (Wildman–Crippen MR) is 131 cm³/mol. The van der Waals surface area contributed by atoms with Crippen molar-refractivity contribution >= 4 is 33.3 Å². The van der Waals surface area contributed by atoms with E-state index in [1.54, 1.807) is 36.4 Å². The molecule has 1 fully saturated rings. The average Bonchev–Trinajstić information content (AvgIpc) is 3.67. The SMILES string of the molecule is O=C(O)CCC1CN(S(=O)(=O)c2cccc(C3CC3)c2)c2cc(-c3cccc(Cl)c3)ccc2O1. The zero-order valence-corrected chi connectivity index (χ0v) is 19.9. The molecule has 3 aromatic rings. The van der Waals surface area contributed by atoms with Gasteiger partial charge in [0.1, 0.15) is 11.9 Å². The van der Waals surface area contributed by atoms with Gasteiger partial charge in [-0.15, -0.1) is 0 Å². The molecule has 0 amide bonds. The van der Waals surface area contributed by atoms with Crippen molar-refractivity contribution in [3.63, 3.8) is 0 Å². The summed E-state index contributed by atoms with van der Waals surface area (Å²) < 4.78 is 35.1. The summed E-state index contributed by atoms with van der Waals surface area (Å²) in [5, 5.41) is 9.70. The maximum atomic E-state index is 13.9. The molecule has 1 aliphatic heterocycles. The number of hydrogen-bond donors (Lipinski definition) is 1. The number of aliphatic carboxylic acids is 1. The van der Waals surface area contributed by atoms with E-state index in [0.29, 0.717) is 22.4 Å². The number of fused-ring (bicyclic) bond motifs is 1. The zero-order valence-electron chi connectivity index (χ0n) is 18.4. The van der Waals surface area contributed by atoms with E-state index in [9.17, 15) is 13.2 Å². The van der Waals surface area contributed by atoms with Crippen LogP contribution in [0.15, 0.2) is 71.6 Å². The number of hydrogen-bond acceptors (Lipinski definition) is 4. The molecule has 1 N–H and O–H groups in total. The van der Waals surface area contributed by atoms with Gasteiger partial charge in [-0.3, -0.25) is 9.10 Å². The van der Waals surface area contributed by atoms with Crippen molar-refractivity contribution in [3.8, 4) is 16.9 Å². The Labute approximate surface area is 203 Å². The summed E-state index contributed by atoms with van der Waals surface area (Å²) in [5.41, 5.74) is 3.13. The quantitative estimate of drug-likeness (QED) is 0.452. The van der Waals surface area contributed by atoms with Gasteiger partial charge in [0.2, 0.25) is 0 Å². The molecule has 1 unspecified atom stereocenters. The third-order valence-corrected chi connectivity index (χ3v) is 8.23. The maximum Gasteiger partial charge on any atom is 0.303 e. The Balaban J connectivity index is 1.57. The molecule has 176 valence electrons. The van der Waals surface area contributed by atoms with Crippen LogP contribution >= 0.6 is 11.6 Å². The van der Waals surface area contributed by atoms with E-state index in [-0.39, 0.29) is 24.3 Å². The molecule has 1 atom stereocenters. The summed E-state index contributed by atoms with van der Waals surface area (Å²) in [7, 11) is -3.90. The molecule has 0 bridgehead atoms. The van der Waals surface area contributed by atoms with Crippen LogP contribution in [0, 0.1) is 0 Å². The van der Waals surface area contributed by atoms with E-state index in [0.717, 1.165) is 29.5 Å². The number of halogens is 1. The predicted octanol–water partition coefficient (Wildman–Crippen LogP) is 5.71. The first kappa shape index (κ1) is 22.7. The fourth-order valence-corrected chi connectivity index (χ4v) is 6.04. The van der Waals surface area contributed by atoms with E-state index in [2.05, 4.69) is 0 Å². The van der Waals surface area contributed by atoms with Gasteiger partial charge in [-0.1, -0.05) is 41.9 Å².